The first kappa shape index (κ1) is 19.6. The molecule has 5 nitrogen and oxygen atoms in total. The standard InChI is InChI=1S/C21H17FN2O3S/c1-2-27-21(26)17(13-23)20-24(16-6-4-3-5-7-16)19(25)18(28-20)12-14-8-10-15(22)11-9-14/h3-11,18H,2,12H2,1H3. The van der Waals surface area contributed by atoms with Gasteiger partial charge in [-0.15, -0.1) is 0 Å². The van der Waals surface area contributed by atoms with Gasteiger partial charge in [0.05, 0.1) is 11.9 Å². The molecule has 7 heteroatoms. The number of hydrogen-bond donors (Lipinski definition) is 0. The lowest BCUT2D eigenvalue weighted by Crippen LogP contribution is -2.30. The van der Waals surface area contributed by atoms with Crippen LogP contribution in [0.4, 0.5) is 10.1 Å². The van der Waals surface area contributed by atoms with Crippen molar-refractivity contribution in [2.24, 2.45) is 0 Å². The van der Waals surface area contributed by atoms with E-state index in [2.05, 4.69) is 0 Å². The van der Waals surface area contributed by atoms with Crippen LogP contribution in [0.5, 0.6) is 0 Å². The maximum atomic E-state index is 13.2. The van der Waals surface area contributed by atoms with E-state index in [0.29, 0.717) is 12.1 Å². The molecule has 0 aliphatic carbocycles. The Bertz CT molecular complexity index is 952. The molecule has 0 aromatic heterocycles. The number of nitrogens with zero attached hydrogens (tertiary/aromatic N) is 2. The highest BCUT2D eigenvalue weighted by Gasteiger charge is 2.41. The first-order valence-electron chi connectivity index (χ1n) is 8.66. The number of hydrogen-bond acceptors (Lipinski definition) is 5. The van der Waals surface area contributed by atoms with E-state index in [0.717, 1.165) is 17.3 Å². The average molecular weight is 396 g/mol. The fourth-order valence-corrected chi connectivity index (χ4v) is 4.12. The van der Waals surface area contributed by atoms with Crippen molar-refractivity contribution in [2.45, 2.75) is 18.6 Å². The average Bonchev–Trinajstić information content (AvgIpc) is 3.01. The minimum atomic E-state index is -0.760. The van der Waals surface area contributed by atoms with E-state index in [1.807, 2.05) is 12.1 Å². The Morgan fingerprint density at radius 1 is 1.21 bits per heavy atom. The number of thioether (sulfide) groups is 1. The summed E-state index contributed by atoms with van der Waals surface area (Å²) in [7, 11) is 0. The minimum absolute atomic E-state index is 0.125. The van der Waals surface area contributed by atoms with Gasteiger partial charge in [0.1, 0.15) is 16.9 Å². The molecule has 1 fully saturated rings. The Kier molecular flexibility index (Phi) is 6.12. The van der Waals surface area contributed by atoms with Crippen molar-refractivity contribution in [3.8, 4) is 6.07 Å². The van der Waals surface area contributed by atoms with Gasteiger partial charge in [0.2, 0.25) is 5.91 Å². The Morgan fingerprint density at radius 3 is 2.50 bits per heavy atom. The van der Waals surface area contributed by atoms with E-state index in [9.17, 15) is 19.2 Å². The van der Waals surface area contributed by atoms with Gasteiger partial charge < -0.3 is 4.74 Å². The molecular formula is C21H17FN2O3S. The van der Waals surface area contributed by atoms with E-state index in [-0.39, 0.29) is 28.9 Å². The lowest BCUT2D eigenvalue weighted by Gasteiger charge is -2.18. The number of esters is 1. The lowest BCUT2D eigenvalue weighted by molar-refractivity contribution is -0.138. The molecule has 1 aliphatic heterocycles. The molecule has 1 amide bonds. The highest BCUT2D eigenvalue weighted by molar-refractivity contribution is 8.05. The fourth-order valence-electron chi connectivity index (χ4n) is 2.82. The van der Waals surface area contributed by atoms with Crippen LogP contribution in [0.25, 0.3) is 0 Å². The van der Waals surface area contributed by atoms with Gasteiger partial charge in [0, 0.05) is 5.69 Å². The Balaban J connectivity index is 2.01. The largest absolute Gasteiger partial charge is 0.462 e. The van der Waals surface area contributed by atoms with Crippen LogP contribution in [0, 0.1) is 17.1 Å². The molecule has 2 aromatic rings. The first-order valence-corrected chi connectivity index (χ1v) is 9.54. The molecule has 28 heavy (non-hydrogen) atoms. The molecule has 0 spiro atoms. The summed E-state index contributed by atoms with van der Waals surface area (Å²) in [6.45, 7) is 1.77. The maximum absolute atomic E-state index is 13.2. The van der Waals surface area contributed by atoms with Crippen LogP contribution in [0.2, 0.25) is 0 Å². The number of carbonyl (C=O) groups is 2. The third-order valence-corrected chi connectivity index (χ3v) is 5.37. The van der Waals surface area contributed by atoms with E-state index in [1.54, 1.807) is 43.3 Å². The summed E-state index contributed by atoms with van der Waals surface area (Å²) >= 11 is 1.15. The van der Waals surface area contributed by atoms with Crippen molar-refractivity contribution in [1.29, 1.82) is 5.26 Å². The highest BCUT2D eigenvalue weighted by Crippen LogP contribution is 2.41. The Morgan fingerprint density at radius 2 is 1.89 bits per heavy atom. The molecule has 142 valence electrons. The topological polar surface area (TPSA) is 70.4 Å². The molecule has 1 aliphatic rings. The van der Waals surface area contributed by atoms with Crippen molar-refractivity contribution in [2.75, 3.05) is 11.5 Å². The number of benzene rings is 2. The summed E-state index contributed by atoms with van der Waals surface area (Å²) in [5, 5.41) is 9.25. The highest BCUT2D eigenvalue weighted by atomic mass is 32.2. The van der Waals surface area contributed by atoms with Crippen LogP contribution >= 0.6 is 11.8 Å². The van der Waals surface area contributed by atoms with Gasteiger partial charge in [0.15, 0.2) is 5.57 Å². The van der Waals surface area contributed by atoms with Crippen LogP contribution in [0.1, 0.15) is 12.5 Å². The van der Waals surface area contributed by atoms with Gasteiger partial charge in [-0.05, 0) is 43.2 Å². The van der Waals surface area contributed by atoms with Crippen molar-refractivity contribution in [3.05, 3.63) is 76.6 Å². The van der Waals surface area contributed by atoms with Crippen LogP contribution in [0.15, 0.2) is 65.2 Å². The molecule has 1 heterocycles. The van der Waals surface area contributed by atoms with Crippen LogP contribution in [-0.2, 0) is 20.7 Å². The second kappa shape index (κ2) is 8.72. The maximum Gasteiger partial charge on any atom is 0.351 e. The van der Waals surface area contributed by atoms with Crippen molar-refractivity contribution in [1.82, 2.24) is 0 Å². The predicted molar refractivity (Wildman–Crippen MR) is 105 cm³/mol. The van der Waals surface area contributed by atoms with Gasteiger partial charge in [0.25, 0.3) is 0 Å². The summed E-state index contributed by atoms with van der Waals surface area (Å²) < 4.78 is 18.1. The van der Waals surface area contributed by atoms with Crippen LogP contribution in [0.3, 0.4) is 0 Å². The number of nitriles is 1. The zero-order valence-corrected chi connectivity index (χ0v) is 15.9. The number of ether oxygens (including phenoxy) is 1. The number of anilines is 1. The molecule has 1 unspecified atom stereocenters. The molecule has 0 bridgehead atoms. The van der Waals surface area contributed by atoms with Gasteiger partial charge >= 0.3 is 5.97 Å². The van der Waals surface area contributed by atoms with E-state index in [1.165, 1.54) is 17.0 Å². The summed E-state index contributed by atoms with van der Waals surface area (Å²) in [4.78, 5) is 26.8. The summed E-state index contributed by atoms with van der Waals surface area (Å²) in [6.07, 6.45) is 0.345. The zero-order chi connectivity index (χ0) is 20.1. The molecule has 0 N–H and O–H groups in total. The zero-order valence-electron chi connectivity index (χ0n) is 15.1. The number of para-hydroxylation sites is 1. The van der Waals surface area contributed by atoms with Gasteiger partial charge in [-0.3, -0.25) is 9.69 Å². The molecule has 0 saturated carbocycles. The van der Waals surface area contributed by atoms with E-state index in [4.69, 9.17) is 4.74 Å². The summed E-state index contributed by atoms with van der Waals surface area (Å²) in [5.74, 6) is -1.36. The van der Waals surface area contributed by atoms with E-state index >= 15 is 0 Å². The van der Waals surface area contributed by atoms with Gasteiger partial charge in [-0.2, -0.15) is 5.26 Å². The second-order valence-corrected chi connectivity index (χ2v) is 7.15. The molecule has 2 aromatic carbocycles. The first-order chi connectivity index (χ1) is 13.5. The van der Waals surface area contributed by atoms with Crippen molar-refractivity contribution >= 4 is 29.3 Å². The van der Waals surface area contributed by atoms with Crippen LogP contribution < -0.4 is 4.90 Å². The lowest BCUT2D eigenvalue weighted by atomic mass is 10.1. The van der Waals surface area contributed by atoms with Gasteiger partial charge in [-0.25, -0.2) is 9.18 Å². The Labute approximate surface area is 166 Å². The van der Waals surface area contributed by atoms with E-state index < -0.39 is 11.2 Å². The molecule has 3 rings (SSSR count). The predicted octanol–water partition coefficient (Wildman–Crippen LogP) is 3.82. The number of carbonyl (C=O) groups excluding carboxylic acids is 2. The summed E-state index contributed by atoms with van der Waals surface area (Å²) in [6, 6.07) is 16.6. The van der Waals surface area contributed by atoms with Crippen LogP contribution in [-0.4, -0.2) is 23.7 Å². The Hall–Kier alpha value is -3.11. The number of amides is 1. The third kappa shape index (κ3) is 4.07. The SMILES string of the molecule is CCOC(=O)C(C#N)=C1SC(Cc2ccc(F)cc2)C(=O)N1c1ccccc1. The van der Waals surface area contributed by atoms with Crippen molar-refractivity contribution < 1.29 is 18.7 Å². The minimum Gasteiger partial charge on any atom is -0.462 e. The second-order valence-electron chi connectivity index (χ2n) is 5.96. The monoisotopic (exact) mass is 396 g/mol. The summed E-state index contributed by atoms with van der Waals surface area (Å²) in [5.41, 5.74) is 1.15. The number of halogens is 1. The number of rotatable bonds is 5. The normalized spacial score (nSPS) is 18.0. The van der Waals surface area contributed by atoms with Crippen molar-refractivity contribution in [3.63, 3.8) is 0 Å². The third-order valence-electron chi connectivity index (χ3n) is 4.11. The molecular weight excluding hydrogens is 379 g/mol. The fraction of sp³-hybridized carbons (Fsp3) is 0.190. The molecule has 1 saturated heterocycles. The molecule has 0 radical (unpaired) electrons. The smallest absolute Gasteiger partial charge is 0.351 e. The van der Waals surface area contributed by atoms with Gasteiger partial charge in [-0.1, -0.05) is 42.1 Å². The molecule has 1 atom stereocenters. The quantitative estimate of drug-likeness (QED) is 0.437.